The summed E-state index contributed by atoms with van der Waals surface area (Å²) >= 11 is 7.68. The van der Waals surface area contributed by atoms with Gasteiger partial charge in [0, 0.05) is 40.9 Å². The minimum atomic E-state index is 0.146. The molecule has 3 nitrogen and oxygen atoms in total. The van der Waals surface area contributed by atoms with Crippen LogP contribution >= 0.6 is 23.4 Å². The zero-order valence-corrected chi connectivity index (χ0v) is 16.0. The molecule has 2 aromatic rings. The lowest BCUT2D eigenvalue weighted by molar-refractivity contribution is 0.0763. The first-order chi connectivity index (χ1) is 12.1. The molecule has 3 rings (SSSR count). The van der Waals surface area contributed by atoms with Crippen LogP contribution in [0.3, 0.4) is 0 Å². The molecule has 25 heavy (non-hydrogen) atoms. The van der Waals surface area contributed by atoms with Crippen molar-refractivity contribution >= 4 is 29.3 Å². The summed E-state index contributed by atoms with van der Waals surface area (Å²) in [7, 11) is 2.11. The lowest BCUT2D eigenvalue weighted by Crippen LogP contribution is -2.34. The second-order valence-electron chi connectivity index (χ2n) is 6.39. The predicted molar refractivity (Wildman–Crippen MR) is 105 cm³/mol. The van der Waals surface area contributed by atoms with Crippen molar-refractivity contribution in [2.75, 3.05) is 33.2 Å². The van der Waals surface area contributed by atoms with Gasteiger partial charge < -0.3 is 9.80 Å². The average molecular weight is 375 g/mol. The van der Waals surface area contributed by atoms with Crippen LogP contribution in [0.5, 0.6) is 0 Å². The SMILES string of the molecule is CN1CCCN(C(=O)c2ccc(CSc3ccc(Cl)cc3)cc2)CC1. The van der Waals surface area contributed by atoms with Gasteiger partial charge in [-0.1, -0.05) is 23.7 Å². The molecule has 0 unspecified atom stereocenters. The fourth-order valence-electron chi connectivity index (χ4n) is 2.87. The third-order valence-electron chi connectivity index (χ3n) is 4.43. The van der Waals surface area contributed by atoms with Crippen molar-refractivity contribution in [2.45, 2.75) is 17.1 Å². The Hall–Kier alpha value is -1.49. The van der Waals surface area contributed by atoms with Crippen LogP contribution in [0.4, 0.5) is 0 Å². The Labute approximate surface area is 159 Å². The molecule has 0 radical (unpaired) electrons. The molecular weight excluding hydrogens is 352 g/mol. The number of amides is 1. The number of rotatable bonds is 4. The van der Waals surface area contributed by atoms with Crippen LogP contribution in [0.2, 0.25) is 5.02 Å². The van der Waals surface area contributed by atoms with Gasteiger partial charge in [-0.15, -0.1) is 11.8 Å². The number of carbonyl (C=O) groups excluding carboxylic acids is 1. The molecule has 1 aliphatic heterocycles. The molecule has 0 bridgehead atoms. The summed E-state index contributed by atoms with van der Waals surface area (Å²) in [5, 5.41) is 0.756. The predicted octanol–water partition coefficient (Wildman–Crippen LogP) is 4.41. The van der Waals surface area contributed by atoms with Gasteiger partial charge in [-0.25, -0.2) is 0 Å². The van der Waals surface area contributed by atoms with Gasteiger partial charge in [0.05, 0.1) is 0 Å². The van der Waals surface area contributed by atoms with E-state index in [-0.39, 0.29) is 5.91 Å². The highest BCUT2D eigenvalue weighted by atomic mass is 35.5. The van der Waals surface area contributed by atoms with Crippen LogP contribution in [-0.2, 0) is 5.75 Å². The summed E-state index contributed by atoms with van der Waals surface area (Å²) in [6.45, 7) is 3.66. The fraction of sp³-hybridized carbons (Fsp3) is 0.350. The zero-order valence-electron chi connectivity index (χ0n) is 14.5. The number of likely N-dealkylation sites (N-methyl/N-ethyl adjacent to an activating group) is 1. The van der Waals surface area contributed by atoms with Gasteiger partial charge in [0.2, 0.25) is 0 Å². The van der Waals surface area contributed by atoms with Crippen LogP contribution in [0.1, 0.15) is 22.3 Å². The van der Waals surface area contributed by atoms with E-state index >= 15 is 0 Å². The Morgan fingerprint density at radius 2 is 1.72 bits per heavy atom. The molecule has 0 aromatic heterocycles. The summed E-state index contributed by atoms with van der Waals surface area (Å²) in [5.74, 6) is 1.03. The monoisotopic (exact) mass is 374 g/mol. The summed E-state index contributed by atoms with van der Waals surface area (Å²) in [4.78, 5) is 18.1. The van der Waals surface area contributed by atoms with Crippen molar-refractivity contribution in [3.05, 3.63) is 64.7 Å². The van der Waals surface area contributed by atoms with E-state index in [4.69, 9.17) is 11.6 Å². The Balaban J connectivity index is 1.57. The van der Waals surface area contributed by atoms with E-state index in [1.165, 1.54) is 10.5 Å². The Kier molecular flexibility index (Phi) is 6.40. The highest BCUT2D eigenvalue weighted by Gasteiger charge is 2.18. The first-order valence-electron chi connectivity index (χ1n) is 8.57. The minimum Gasteiger partial charge on any atom is -0.337 e. The molecular formula is C20H23ClN2OS. The summed E-state index contributed by atoms with van der Waals surface area (Å²) in [5.41, 5.74) is 2.00. The van der Waals surface area contributed by atoms with Crippen molar-refractivity contribution in [1.82, 2.24) is 9.80 Å². The van der Waals surface area contributed by atoms with Gasteiger partial charge in [0.1, 0.15) is 0 Å². The first-order valence-corrected chi connectivity index (χ1v) is 9.93. The number of benzene rings is 2. The van der Waals surface area contributed by atoms with Crippen LogP contribution in [0.15, 0.2) is 53.4 Å². The Morgan fingerprint density at radius 3 is 2.44 bits per heavy atom. The van der Waals surface area contributed by atoms with Gasteiger partial charge in [-0.2, -0.15) is 0 Å². The number of hydrogen-bond donors (Lipinski definition) is 0. The van der Waals surface area contributed by atoms with Crippen molar-refractivity contribution in [3.63, 3.8) is 0 Å². The van der Waals surface area contributed by atoms with E-state index in [1.54, 1.807) is 11.8 Å². The van der Waals surface area contributed by atoms with E-state index in [2.05, 4.69) is 24.1 Å². The number of nitrogens with zero attached hydrogens (tertiary/aromatic N) is 2. The summed E-state index contributed by atoms with van der Waals surface area (Å²) in [6, 6.07) is 15.9. The van der Waals surface area contributed by atoms with Gasteiger partial charge in [-0.3, -0.25) is 4.79 Å². The van der Waals surface area contributed by atoms with Crippen LogP contribution in [0, 0.1) is 0 Å². The maximum Gasteiger partial charge on any atom is 0.253 e. The topological polar surface area (TPSA) is 23.6 Å². The van der Waals surface area contributed by atoms with Crippen molar-refractivity contribution in [1.29, 1.82) is 0 Å². The molecule has 5 heteroatoms. The third-order valence-corrected chi connectivity index (χ3v) is 5.76. The standard InChI is InChI=1S/C20H23ClN2OS/c1-22-11-2-12-23(14-13-22)20(24)17-5-3-16(4-6-17)15-25-19-9-7-18(21)8-10-19/h3-10H,2,11-15H2,1H3. The van der Waals surface area contributed by atoms with E-state index in [1.807, 2.05) is 41.3 Å². The van der Waals surface area contributed by atoms with E-state index in [0.717, 1.165) is 48.9 Å². The average Bonchev–Trinajstić information content (AvgIpc) is 2.86. The second-order valence-corrected chi connectivity index (χ2v) is 7.87. The molecule has 0 atom stereocenters. The first kappa shape index (κ1) is 18.3. The second kappa shape index (κ2) is 8.75. The molecule has 2 aromatic carbocycles. The van der Waals surface area contributed by atoms with Gasteiger partial charge in [-0.05, 0) is 62.0 Å². The zero-order chi connectivity index (χ0) is 17.6. The lowest BCUT2D eigenvalue weighted by Gasteiger charge is -2.20. The summed E-state index contributed by atoms with van der Waals surface area (Å²) in [6.07, 6.45) is 1.04. The van der Waals surface area contributed by atoms with E-state index in [0.29, 0.717) is 0 Å². The quantitative estimate of drug-likeness (QED) is 0.740. The minimum absolute atomic E-state index is 0.146. The molecule has 1 fully saturated rings. The number of carbonyl (C=O) groups is 1. The molecule has 0 aliphatic carbocycles. The lowest BCUT2D eigenvalue weighted by atomic mass is 10.1. The number of thioether (sulfide) groups is 1. The maximum absolute atomic E-state index is 12.7. The highest BCUT2D eigenvalue weighted by Crippen LogP contribution is 2.24. The molecule has 1 aliphatic rings. The fourth-order valence-corrected chi connectivity index (χ4v) is 3.85. The van der Waals surface area contributed by atoms with Crippen molar-refractivity contribution < 1.29 is 4.79 Å². The Morgan fingerprint density at radius 1 is 1.00 bits per heavy atom. The molecule has 1 saturated heterocycles. The van der Waals surface area contributed by atoms with Crippen LogP contribution in [-0.4, -0.2) is 48.9 Å². The van der Waals surface area contributed by atoms with Crippen LogP contribution < -0.4 is 0 Å². The molecule has 132 valence electrons. The van der Waals surface area contributed by atoms with Gasteiger partial charge in [0.15, 0.2) is 0 Å². The maximum atomic E-state index is 12.7. The number of hydrogen-bond acceptors (Lipinski definition) is 3. The third kappa shape index (κ3) is 5.24. The van der Waals surface area contributed by atoms with Crippen molar-refractivity contribution in [3.8, 4) is 0 Å². The van der Waals surface area contributed by atoms with Crippen molar-refractivity contribution in [2.24, 2.45) is 0 Å². The Bertz CT molecular complexity index is 703. The smallest absolute Gasteiger partial charge is 0.253 e. The van der Waals surface area contributed by atoms with E-state index < -0.39 is 0 Å². The summed E-state index contributed by atoms with van der Waals surface area (Å²) < 4.78 is 0. The normalized spacial score (nSPS) is 15.8. The van der Waals surface area contributed by atoms with Gasteiger partial charge >= 0.3 is 0 Å². The molecule has 0 saturated carbocycles. The molecule has 1 amide bonds. The molecule has 0 N–H and O–H groups in total. The molecule has 1 heterocycles. The largest absolute Gasteiger partial charge is 0.337 e. The van der Waals surface area contributed by atoms with E-state index in [9.17, 15) is 4.79 Å². The van der Waals surface area contributed by atoms with Crippen LogP contribution in [0.25, 0.3) is 0 Å². The number of halogens is 1. The molecule has 0 spiro atoms. The van der Waals surface area contributed by atoms with Gasteiger partial charge in [0.25, 0.3) is 5.91 Å². The highest BCUT2D eigenvalue weighted by molar-refractivity contribution is 7.98.